The van der Waals surface area contributed by atoms with E-state index in [-0.39, 0.29) is 17.9 Å². The van der Waals surface area contributed by atoms with E-state index in [2.05, 4.69) is 10.4 Å². The molecule has 1 aliphatic heterocycles. The maximum Gasteiger partial charge on any atom is 0.269 e. The highest BCUT2D eigenvalue weighted by atomic mass is 16.2. The number of nitrogens with zero attached hydrogens (tertiary/aromatic N) is 3. The second-order valence-electron chi connectivity index (χ2n) is 7.18. The summed E-state index contributed by atoms with van der Waals surface area (Å²) in [7, 11) is 1.78. The zero-order valence-electron chi connectivity index (χ0n) is 14.8. The van der Waals surface area contributed by atoms with Gasteiger partial charge >= 0.3 is 0 Å². The Morgan fingerprint density at radius 3 is 2.75 bits per heavy atom. The summed E-state index contributed by atoms with van der Waals surface area (Å²) in [6.07, 6.45) is 7.58. The summed E-state index contributed by atoms with van der Waals surface area (Å²) in [5.41, 5.74) is 1.47. The van der Waals surface area contributed by atoms with E-state index in [1.807, 2.05) is 17.9 Å². The molecule has 132 valence electrons. The van der Waals surface area contributed by atoms with Crippen LogP contribution in [0.4, 0.5) is 0 Å². The Morgan fingerprint density at radius 1 is 1.33 bits per heavy atom. The molecule has 2 fully saturated rings. The normalized spacial score (nSPS) is 22.2. The van der Waals surface area contributed by atoms with Crippen LogP contribution in [-0.4, -0.2) is 45.6 Å². The number of carbonyl (C=O) groups excluding carboxylic acids is 2. The fourth-order valence-corrected chi connectivity index (χ4v) is 3.90. The predicted octanol–water partition coefficient (Wildman–Crippen LogP) is 1.89. The smallest absolute Gasteiger partial charge is 0.269 e. The maximum atomic E-state index is 12.5. The molecule has 1 N–H and O–H groups in total. The van der Waals surface area contributed by atoms with Crippen molar-refractivity contribution < 1.29 is 9.59 Å². The molecule has 0 spiro atoms. The Kier molecular flexibility index (Phi) is 5.21. The third kappa shape index (κ3) is 3.79. The quantitative estimate of drug-likeness (QED) is 0.895. The Hall–Kier alpha value is -1.85. The average molecular weight is 332 g/mol. The molecule has 0 radical (unpaired) electrons. The van der Waals surface area contributed by atoms with Gasteiger partial charge in [-0.05, 0) is 31.2 Å². The molecule has 6 heteroatoms. The van der Waals surface area contributed by atoms with E-state index < -0.39 is 0 Å². The summed E-state index contributed by atoms with van der Waals surface area (Å²) in [5.74, 6) is 0.675. The van der Waals surface area contributed by atoms with Gasteiger partial charge in [-0.1, -0.05) is 26.2 Å². The van der Waals surface area contributed by atoms with E-state index in [1.165, 1.54) is 32.1 Å². The second kappa shape index (κ2) is 7.36. The lowest BCUT2D eigenvalue weighted by molar-refractivity contribution is -0.128. The molecule has 1 saturated heterocycles. The van der Waals surface area contributed by atoms with Gasteiger partial charge in [0.25, 0.3) is 5.91 Å². The molecule has 1 saturated carbocycles. The van der Waals surface area contributed by atoms with Crippen molar-refractivity contribution in [1.29, 1.82) is 0 Å². The van der Waals surface area contributed by atoms with Crippen LogP contribution in [0.15, 0.2) is 6.07 Å². The monoisotopic (exact) mass is 332 g/mol. The number of amides is 2. The number of hydrogen-bond donors (Lipinski definition) is 1. The van der Waals surface area contributed by atoms with Crippen LogP contribution >= 0.6 is 0 Å². The van der Waals surface area contributed by atoms with Gasteiger partial charge in [-0.15, -0.1) is 0 Å². The molecule has 1 aromatic rings. The van der Waals surface area contributed by atoms with Crippen molar-refractivity contribution in [3.63, 3.8) is 0 Å². The van der Waals surface area contributed by atoms with Gasteiger partial charge in [-0.3, -0.25) is 14.3 Å². The number of rotatable bonds is 5. The van der Waals surface area contributed by atoms with E-state index >= 15 is 0 Å². The second-order valence-corrected chi connectivity index (χ2v) is 7.18. The lowest BCUT2D eigenvalue weighted by Crippen LogP contribution is -2.39. The average Bonchev–Trinajstić information content (AvgIpc) is 3.11. The molecule has 0 unspecified atom stereocenters. The fraction of sp³-hybridized carbons (Fsp3) is 0.722. The molecule has 2 amide bonds. The first kappa shape index (κ1) is 17.0. The Labute approximate surface area is 143 Å². The number of carbonyl (C=O) groups is 2. The van der Waals surface area contributed by atoms with Gasteiger partial charge < -0.3 is 10.2 Å². The zero-order chi connectivity index (χ0) is 17.1. The van der Waals surface area contributed by atoms with Crippen molar-refractivity contribution in [3.8, 4) is 0 Å². The molecule has 24 heavy (non-hydrogen) atoms. The Balaban J connectivity index is 1.55. The summed E-state index contributed by atoms with van der Waals surface area (Å²) in [4.78, 5) is 26.6. The highest BCUT2D eigenvalue weighted by molar-refractivity contribution is 5.93. The lowest BCUT2D eigenvalue weighted by Gasteiger charge is -2.27. The molecular weight excluding hydrogens is 304 g/mol. The van der Waals surface area contributed by atoms with E-state index in [1.54, 1.807) is 11.7 Å². The molecule has 2 heterocycles. The van der Waals surface area contributed by atoms with Crippen molar-refractivity contribution in [3.05, 3.63) is 17.5 Å². The lowest BCUT2D eigenvalue weighted by atomic mass is 9.89. The summed E-state index contributed by atoms with van der Waals surface area (Å²) in [6, 6.07) is 1.74. The van der Waals surface area contributed by atoms with Crippen LogP contribution in [0, 0.1) is 5.92 Å². The number of hydrogen-bond acceptors (Lipinski definition) is 3. The van der Waals surface area contributed by atoms with Crippen LogP contribution < -0.4 is 5.32 Å². The summed E-state index contributed by atoms with van der Waals surface area (Å²) in [5, 5.41) is 7.32. The van der Waals surface area contributed by atoms with Gasteiger partial charge in [-0.2, -0.15) is 5.10 Å². The van der Waals surface area contributed by atoms with Gasteiger partial charge in [0.1, 0.15) is 5.69 Å². The zero-order valence-corrected chi connectivity index (χ0v) is 14.8. The minimum Gasteiger partial charge on any atom is -0.346 e. The molecular formula is C18H28N4O2. The molecule has 1 aromatic heterocycles. The van der Waals surface area contributed by atoms with Crippen LogP contribution in [0.1, 0.15) is 61.6 Å². The molecule has 3 rings (SSSR count). The van der Waals surface area contributed by atoms with Crippen LogP contribution in [0.2, 0.25) is 0 Å². The third-order valence-corrected chi connectivity index (χ3v) is 5.28. The first-order valence-corrected chi connectivity index (χ1v) is 9.18. The van der Waals surface area contributed by atoms with Crippen LogP contribution in [0.25, 0.3) is 0 Å². The van der Waals surface area contributed by atoms with Crippen molar-refractivity contribution in [2.75, 3.05) is 13.1 Å². The van der Waals surface area contributed by atoms with Crippen LogP contribution in [0.5, 0.6) is 0 Å². The summed E-state index contributed by atoms with van der Waals surface area (Å²) >= 11 is 0. The minimum atomic E-state index is -0.137. The Morgan fingerprint density at radius 2 is 2.08 bits per heavy atom. The summed E-state index contributed by atoms with van der Waals surface area (Å²) in [6.45, 7) is 3.51. The highest BCUT2D eigenvalue weighted by Crippen LogP contribution is 2.26. The largest absolute Gasteiger partial charge is 0.346 e. The number of aryl methyl sites for hydroxylation is 2. The Bertz CT molecular complexity index is 604. The van der Waals surface area contributed by atoms with E-state index in [0.29, 0.717) is 24.6 Å². The van der Waals surface area contributed by atoms with Crippen LogP contribution in [-0.2, 0) is 18.3 Å². The van der Waals surface area contributed by atoms with Crippen molar-refractivity contribution >= 4 is 11.8 Å². The minimum absolute atomic E-state index is 0.0893. The van der Waals surface area contributed by atoms with Crippen molar-refractivity contribution in [2.24, 2.45) is 13.0 Å². The standard InChI is InChI=1S/C18H28N4O2/c1-3-14-9-16(21(2)20-14)18(24)19-15-10-17(23)22(12-15)11-13-7-5-4-6-8-13/h9,13,15H,3-8,10-12H2,1-2H3,(H,19,24)/t15-/m1/s1. The molecule has 6 nitrogen and oxygen atoms in total. The van der Waals surface area contributed by atoms with Crippen molar-refractivity contribution in [1.82, 2.24) is 20.0 Å². The van der Waals surface area contributed by atoms with E-state index in [0.717, 1.165) is 18.7 Å². The first-order valence-electron chi connectivity index (χ1n) is 9.18. The highest BCUT2D eigenvalue weighted by Gasteiger charge is 2.32. The van der Waals surface area contributed by atoms with E-state index in [4.69, 9.17) is 0 Å². The van der Waals surface area contributed by atoms with Crippen molar-refractivity contribution in [2.45, 2.75) is 57.9 Å². The molecule has 1 atom stereocenters. The molecule has 0 bridgehead atoms. The topological polar surface area (TPSA) is 67.2 Å². The van der Waals surface area contributed by atoms with Gasteiger partial charge in [-0.25, -0.2) is 0 Å². The third-order valence-electron chi connectivity index (χ3n) is 5.28. The fourth-order valence-electron chi connectivity index (χ4n) is 3.90. The van der Waals surface area contributed by atoms with E-state index in [9.17, 15) is 9.59 Å². The number of likely N-dealkylation sites (tertiary alicyclic amines) is 1. The van der Waals surface area contributed by atoms with Gasteiger partial charge in [0.05, 0.1) is 11.7 Å². The van der Waals surface area contributed by atoms with Gasteiger partial charge in [0.15, 0.2) is 0 Å². The molecule has 0 aromatic carbocycles. The van der Waals surface area contributed by atoms with Crippen LogP contribution in [0.3, 0.4) is 0 Å². The van der Waals surface area contributed by atoms with Gasteiger partial charge in [0, 0.05) is 26.6 Å². The maximum absolute atomic E-state index is 12.5. The number of nitrogens with one attached hydrogen (secondary N) is 1. The SMILES string of the molecule is CCc1cc(C(=O)N[C@@H]2CC(=O)N(CC3CCCCC3)C2)n(C)n1. The molecule has 1 aliphatic carbocycles. The van der Waals surface area contributed by atoms with Gasteiger partial charge in [0.2, 0.25) is 5.91 Å². The molecule has 2 aliphatic rings. The number of aromatic nitrogens is 2. The predicted molar refractivity (Wildman–Crippen MR) is 91.6 cm³/mol. The first-order chi connectivity index (χ1) is 11.6. The summed E-state index contributed by atoms with van der Waals surface area (Å²) < 4.78 is 1.62.